The molecular weight excluding hydrogens is 905 g/mol. The first-order chi connectivity index (χ1) is 36.5. The van der Waals surface area contributed by atoms with Crippen molar-refractivity contribution in [3.8, 4) is 97.1 Å². The SMILES string of the molecule is N#Cc1cccc(-c2cccc(-c3nc(-c4ccc(-n5c6ccccc6c6ccccc65)c(-c5cccc(C#N)c5)c4)nc(-c4cc(-c5cccc(C#N)c5)ccc4-n4c5ccccc5c5ccccc54)n3)c2)c1. The van der Waals surface area contributed by atoms with Crippen molar-refractivity contribution >= 4 is 43.6 Å². The highest BCUT2D eigenvalue weighted by molar-refractivity contribution is 6.11. The second kappa shape index (κ2) is 17.9. The lowest BCUT2D eigenvalue weighted by atomic mass is 9.98. The molecule has 3 aromatic heterocycles. The van der Waals surface area contributed by atoms with Crippen LogP contribution in [0.4, 0.5) is 0 Å². The summed E-state index contributed by atoms with van der Waals surface area (Å²) in [4.78, 5) is 16.2. The van der Waals surface area contributed by atoms with Crippen molar-refractivity contribution in [3.05, 3.63) is 247 Å². The fraction of sp³-hybridized carbons (Fsp3) is 0. The van der Waals surface area contributed by atoms with E-state index >= 15 is 0 Å². The van der Waals surface area contributed by atoms with E-state index in [9.17, 15) is 15.8 Å². The third-order valence-corrected chi connectivity index (χ3v) is 13.8. The van der Waals surface area contributed by atoms with Crippen LogP contribution in [-0.2, 0) is 0 Å². The zero-order valence-electron chi connectivity index (χ0n) is 39.5. The Morgan fingerprint density at radius 3 is 1.09 bits per heavy atom. The van der Waals surface area contributed by atoms with Crippen LogP contribution < -0.4 is 0 Å². The molecule has 0 aliphatic rings. The lowest BCUT2D eigenvalue weighted by molar-refractivity contribution is 1.06. The average molecular weight is 943 g/mol. The van der Waals surface area contributed by atoms with Gasteiger partial charge in [0.15, 0.2) is 17.5 Å². The Balaban J connectivity index is 1.10. The van der Waals surface area contributed by atoms with Gasteiger partial charge in [0.05, 0.1) is 68.3 Å². The molecule has 0 aliphatic carbocycles. The molecular formula is C66H38N8. The number of rotatable bonds is 8. The van der Waals surface area contributed by atoms with Crippen LogP contribution in [0.1, 0.15) is 16.7 Å². The number of nitrogens with zero attached hydrogens (tertiary/aromatic N) is 8. The summed E-state index contributed by atoms with van der Waals surface area (Å²) in [5, 5.41) is 34.5. The quantitative estimate of drug-likeness (QED) is 0.150. The Bertz CT molecular complexity index is 4450. The largest absolute Gasteiger partial charge is 0.309 e. The van der Waals surface area contributed by atoms with Gasteiger partial charge in [-0.3, -0.25) is 0 Å². The summed E-state index contributed by atoms with van der Waals surface area (Å²) in [6.07, 6.45) is 0. The first-order valence-electron chi connectivity index (χ1n) is 24.2. The molecule has 0 spiro atoms. The maximum absolute atomic E-state index is 10.2. The molecule has 0 radical (unpaired) electrons. The van der Waals surface area contributed by atoms with E-state index < -0.39 is 0 Å². The fourth-order valence-electron chi connectivity index (χ4n) is 10.4. The smallest absolute Gasteiger partial charge is 0.166 e. The fourth-order valence-corrected chi connectivity index (χ4v) is 10.4. The van der Waals surface area contributed by atoms with Crippen LogP contribution in [0.5, 0.6) is 0 Å². The van der Waals surface area contributed by atoms with Gasteiger partial charge in [0.25, 0.3) is 0 Å². The van der Waals surface area contributed by atoms with E-state index in [-0.39, 0.29) is 0 Å². The van der Waals surface area contributed by atoms with Crippen molar-refractivity contribution in [1.82, 2.24) is 24.1 Å². The van der Waals surface area contributed by atoms with E-state index in [4.69, 9.17) is 15.0 Å². The standard InChI is InChI=1S/C66H38N8/c67-39-42-13-9-16-45(33-42)47-18-12-20-50(36-47)64-70-65(51-30-32-62(56(38-51)49-19-11-15-44(35-49)41-69)73-58-25-5-1-21-52(58)53-22-2-6-26-59(53)73)72-66(71-64)57-37-48(46-17-10-14-43(34-46)40-68)29-31-63(57)74-60-27-7-3-23-54(60)55-24-4-8-28-61(55)74/h1-38H. The minimum atomic E-state index is 0.441. The zero-order chi connectivity index (χ0) is 49.7. The Morgan fingerprint density at radius 2 is 0.608 bits per heavy atom. The zero-order valence-corrected chi connectivity index (χ0v) is 39.5. The molecule has 0 atom stereocenters. The second-order valence-electron chi connectivity index (χ2n) is 18.2. The van der Waals surface area contributed by atoms with Gasteiger partial charge in [-0.05, 0) is 125 Å². The molecule has 13 aromatic rings. The number of aromatic nitrogens is 5. The maximum Gasteiger partial charge on any atom is 0.166 e. The Morgan fingerprint density at radius 1 is 0.270 bits per heavy atom. The summed E-state index contributed by atoms with van der Waals surface area (Å²) in [5.41, 5.74) is 15.2. The number of fused-ring (bicyclic) bond motifs is 6. The van der Waals surface area contributed by atoms with E-state index in [0.717, 1.165) is 105 Å². The molecule has 0 saturated heterocycles. The number of para-hydroxylation sites is 4. The topological polar surface area (TPSA) is 120 Å². The average Bonchev–Trinajstić information content (AvgIpc) is 4.03. The van der Waals surface area contributed by atoms with Crippen molar-refractivity contribution in [1.29, 1.82) is 15.8 Å². The Labute approximate surface area is 425 Å². The van der Waals surface area contributed by atoms with E-state index in [2.05, 4.69) is 167 Å². The molecule has 10 aromatic carbocycles. The lowest BCUT2D eigenvalue weighted by Crippen LogP contribution is -2.05. The van der Waals surface area contributed by atoms with Gasteiger partial charge in [-0.1, -0.05) is 133 Å². The molecule has 74 heavy (non-hydrogen) atoms. The highest BCUT2D eigenvalue weighted by Crippen LogP contribution is 2.41. The normalized spacial score (nSPS) is 11.2. The highest BCUT2D eigenvalue weighted by Gasteiger charge is 2.23. The minimum absolute atomic E-state index is 0.441. The van der Waals surface area contributed by atoms with Gasteiger partial charge in [0.2, 0.25) is 0 Å². The molecule has 13 rings (SSSR count). The molecule has 0 saturated carbocycles. The van der Waals surface area contributed by atoms with E-state index in [1.807, 2.05) is 84.9 Å². The number of benzene rings is 10. The van der Waals surface area contributed by atoms with Crippen molar-refractivity contribution < 1.29 is 0 Å². The van der Waals surface area contributed by atoms with Gasteiger partial charge in [-0.15, -0.1) is 0 Å². The number of hydrogen-bond donors (Lipinski definition) is 0. The lowest BCUT2D eigenvalue weighted by Gasteiger charge is -2.18. The number of hydrogen-bond acceptors (Lipinski definition) is 6. The molecule has 8 heteroatoms. The van der Waals surface area contributed by atoms with Crippen molar-refractivity contribution in [2.45, 2.75) is 0 Å². The van der Waals surface area contributed by atoms with Crippen LogP contribution in [0.3, 0.4) is 0 Å². The molecule has 8 nitrogen and oxygen atoms in total. The molecule has 0 aliphatic heterocycles. The van der Waals surface area contributed by atoms with Crippen LogP contribution >= 0.6 is 0 Å². The molecule has 0 bridgehead atoms. The van der Waals surface area contributed by atoms with Gasteiger partial charge < -0.3 is 9.13 Å². The molecule has 342 valence electrons. The van der Waals surface area contributed by atoms with Gasteiger partial charge in [0, 0.05) is 43.8 Å². The molecule has 0 unspecified atom stereocenters. The van der Waals surface area contributed by atoms with Gasteiger partial charge in [0.1, 0.15) is 0 Å². The summed E-state index contributed by atoms with van der Waals surface area (Å²) in [6.45, 7) is 0. The monoisotopic (exact) mass is 942 g/mol. The first-order valence-corrected chi connectivity index (χ1v) is 24.2. The van der Waals surface area contributed by atoms with E-state index in [0.29, 0.717) is 34.2 Å². The Hall–Kier alpha value is -10.7. The second-order valence-corrected chi connectivity index (χ2v) is 18.2. The summed E-state index contributed by atoms with van der Waals surface area (Å²) < 4.78 is 4.58. The third-order valence-electron chi connectivity index (χ3n) is 13.8. The first kappa shape index (κ1) is 43.3. The van der Waals surface area contributed by atoms with Crippen LogP contribution in [0, 0.1) is 34.0 Å². The third kappa shape index (κ3) is 7.42. The summed E-state index contributed by atoms with van der Waals surface area (Å²) in [5.74, 6) is 1.34. The van der Waals surface area contributed by atoms with Crippen molar-refractivity contribution in [3.63, 3.8) is 0 Å². The van der Waals surface area contributed by atoms with E-state index in [1.54, 1.807) is 6.07 Å². The molecule has 3 heterocycles. The van der Waals surface area contributed by atoms with Crippen molar-refractivity contribution in [2.75, 3.05) is 0 Å². The van der Waals surface area contributed by atoms with Crippen LogP contribution in [0.25, 0.3) is 123 Å². The Kier molecular flexibility index (Phi) is 10.5. The molecule has 0 fully saturated rings. The van der Waals surface area contributed by atoms with Crippen LogP contribution in [0.15, 0.2) is 231 Å². The summed E-state index contributed by atoms with van der Waals surface area (Å²) >= 11 is 0. The van der Waals surface area contributed by atoms with Crippen LogP contribution in [0.2, 0.25) is 0 Å². The minimum Gasteiger partial charge on any atom is -0.309 e. The predicted octanol–water partition coefficient (Wildman–Crippen LogP) is 15.7. The molecule has 0 N–H and O–H groups in total. The highest BCUT2D eigenvalue weighted by atomic mass is 15.1. The van der Waals surface area contributed by atoms with Gasteiger partial charge in [-0.2, -0.15) is 15.8 Å². The van der Waals surface area contributed by atoms with Crippen LogP contribution in [-0.4, -0.2) is 24.1 Å². The molecule has 0 amide bonds. The van der Waals surface area contributed by atoms with Gasteiger partial charge in [-0.25, -0.2) is 15.0 Å². The van der Waals surface area contributed by atoms with E-state index in [1.165, 1.54) is 0 Å². The summed E-state index contributed by atoms with van der Waals surface area (Å²) in [7, 11) is 0. The van der Waals surface area contributed by atoms with Gasteiger partial charge >= 0.3 is 0 Å². The maximum atomic E-state index is 10.2. The van der Waals surface area contributed by atoms with Crippen molar-refractivity contribution in [2.24, 2.45) is 0 Å². The number of nitriles is 3. The predicted molar refractivity (Wildman–Crippen MR) is 295 cm³/mol. The summed E-state index contributed by atoms with van der Waals surface area (Å²) in [6, 6.07) is 84.3.